The number of nitrogens with zero attached hydrogens (tertiary/aromatic N) is 4. The summed E-state index contributed by atoms with van der Waals surface area (Å²) in [6.45, 7) is 8.30. The lowest BCUT2D eigenvalue weighted by Gasteiger charge is -2.25. The fourth-order valence-corrected chi connectivity index (χ4v) is 3.13. The lowest BCUT2D eigenvalue weighted by atomic mass is 9.84. The van der Waals surface area contributed by atoms with Crippen molar-refractivity contribution in [1.82, 2.24) is 37.1 Å². The molecular formula is C17H34N8O2. The number of hydrogen-bond acceptors (Lipinski definition) is 9. The molecule has 10 nitrogen and oxygen atoms in total. The van der Waals surface area contributed by atoms with Crippen molar-refractivity contribution in [2.75, 3.05) is 0 Å². The number of aliphatic hydroxyl groups excluding tert-OH is 2. The number of aliphatic hydroxyl groups is 2. The fraction of sp³-hybridized carbons (Fsp3) is 0.882. The molecule has 2 unspecified atom stereocenters. The molecule has 1 aromatic rings. The van der Waals surface area contributed by atoms with Gasteiger partial charge in [-0.15, -0.1) is 15.7 Å². The van der Waals surface area contributed by atoms with Crippen molar-refractivity contribution in [3.63, 3.8) is 0 Å². The second-order valence-corrected chi connectivity index (χ2v) is 8.66. The van der Waals surface area contributed by atoms with E-state index in [1.165, 1.54) is 0 Å². The minimum Gasteiger partial charge on any atom is -0.393 e. The van der Waals surface area contributed by atoms with Crippen molar-refractivity contribution in [2.45, 2.75) is 90.3 Å². The predicted molar refractivity (Wildman–Crippen MR) is 102 cm³/mol. The van der Waals surface area contributed by atoms with Crippen molar-refractivity contribution < 1.29 is 10.2 Å². The van der Waals surface area contributed by atoms with Crippen LogP contribution in [0.4, 0.5) is 0 Å². The molecule has 1 aliphatic rings. The SMILES string of the molecule is CC(C)(CCC(O)CCCC(O)CCC(C)(C)c1nnn[nH]1)C1=NNNN1. The summed E-state index contributed by atoms with van der Waals surface area (Å²) in [4.78, 5) is 0. The summed E-state index contributed by atoms with van der Waals surface area (Å²) in [5.41, 5.74) is 8.04. The van der Waals surface area contributed by atoms with Gasteiger partial charge in [-0.2, -0.15) is 0 Å². The number of hydrazine groups is 2. The normalized spacial score (nSPS) is 17.2. The molecule has 10 heteroatoms. The Morgan fingerprint density at radius 2 is 1.56 bits per heavy atom. The zero-order chi connectivity index (χ0) is 19.9. The third-order valence-electron chi connectivity index (χ3n) is 5.31. The van der Waals surface area contributed by atoms with Gasteiger partial charge in [-0.1, -0.05) is 27.7 Å². The zero-order valence-electron chi connectivity index (χ0n) is 16.8. The highest BCUT2D eigenvalue weighted by atomic mass is 16.3. The molecule has 0 saturated heterocycles. The topological polar surface area (TPSA) is 143 Å². The van der Waals surface area contributed by atoms with Crippen LogP contribution in [0.1, 0.15) is 78.5 Å². The summed E-state index contributed by atoms with van der Waals surface area (Å²) in [5.74, 6) is 1.58. The smallest absolute Gasteiger partial charge is 0.154 e. The predicted octanol–water partition coefficient (Wildman–Crippen LogP) is 0.882. The summed E-state index contributed by atoms with van der Waals surface area (Å²) in [6, 6.07) is 0. The van der Waals surface area contributed by atoms with Gasteiger partial charge in [0.15, 0.2) is 5.82 Å². The van der Waals surface area contributed by atoms with Crippen LogP contribution in [0.15, 0.2) is 5.10 Å². The van der Waals surface area contributed by atoms with Crippen LogP contribution < -0.4 is 16.5 Å². The van der Waals surface area contributed by atoms with Gasteiger partial charge in [0.2, 0.25) is 0 Å². The summed E-state index contributed by atoms with van der Waals surface area (Å²) in [6.07, 6.45) is 4.44. The van der Waals surface area contributed by atoms with E-state index >= 15 is 0 Å². The van der Waals surface area contributed by atoms with Gasteiger partial charge < -0.3 is 10.2 Å². The van der Waals surface area contributed by atoms with Gasteiger partial charge in [-0.3, -0.25) is 5.43 Å². The molecule has 0 fully saturated rings. The Labute approximate surface area is 160 Å². The maximum Gasteiger partial charge on any atom is 0.154 e. The molecular weight excluding hydrogens is 348 g/mol. The molecule has 0 aliphatic carbocycles. The molecule has 2 rings (SSSR count). The van der Waals surface area contributed by atoms with Crippen LogP contribution in [0.2, 0.25) is 0 Å². The molecule has 0 spiro atoms. The largest absolute Gasteiger partial charge is 0.393 e. The van der Waals surface area contributed by atoms with Crippen LogP contribution in [0.5, 0.6) is 0 Å². The van der Waals surface area contributed by atoms with E-state index in [0.717, 1.165) is 30.9 Å². The van der Waals surface area contributed by atoms with Gasteiger partial charge in [-0.25, -0.2) is 10.6 Å². The standard InChI is InChI=1S/C17H34N8O2/c1-16(2,14-18-22-23-19-14)10-8-12(26)6-5-7-13(27)9-11-17(3,4)15-20-24-25-21-15/h12-13,22-23,26-27H,5-11H2,1-4H3,(H,18,19)(H,20,21,24,25). The van der Waals surface area contributed by atoms with E-state index < -0.39 is 0 Å². The molecule has 0 aromatic carbocycles. The van der Waals surface area contributed by atoms with Gasteiger partial charge in [-0.05, 0) is 55.4 Å². The van der Waals surface area contributed by atoms with E-state index in [-0.39, 0.29) is 23.0 Å². The Morgan fingerprint density at radius 3 is 2.07 bits per heavy atom. The average molecular weight is 383 g/mol. The maximum atomic E-state index is 10.3. The minimum absolute atomic E-state index is 0.141. The van der Waals surface area contributed by atoms with Gasteiger partial charge in [0, 0.05) is 10.8 Å². The van der Waals surface area contributed by atoms with Crippen molar-refractivity contribution in [1.29, 1.82) is 0 Å². The van der Waals surface area contributed by atoms with Crippen LogP contribution in [-0.2, 0) is 5.41 Å². The average Bonchev–Trinajstić information content (AvgIpc) is 3.32. The highest BCUT2D eigenvalue weighted by Crippen LogP contribution is 2.27. The van der Waals surface area contributed by atoms with Crippen molar-refractivity contribution >= 4 is 5.84 Å². The molecule has 0 saturated carbocycles. The second kappa shape index (κ2) is 9.43. The lowest BCUT2D eigenvalue weighted by Crippen LogP contribution is -2.41. The molecule has 27 heavy (non-hydrogen) atoms. The highest BCUT2D eigenvalue weighted by molar-refractivity contribution is 5.87. The third kappa shape index (κ3) is 6.71. The van der Waals surface area contributed by atoms with E-state index in [4.69, 9.17) is 0 Å². The van der Waals surface area contributed by atoms with E-state index in [0.29, 0.717) is 25.7 Å². The first-order valence-corrected chi connectivity index (χ1v) is 9.65. The quantitative estimate of drug-likeness (QED) is 0.313. The van der Waals surface area contributed by atoms with Crippen molar-refractivity contribution in [3.8, 4) is 0 Å². The Morgan fingerprint density at radius 1 is 0.926 bits per heavy atom. The van der Waals surface area contributed by atoms with E-state index in [1.54, 1.807) is 0 Å². The van der Waals surface area contributed by atoms with Gasteiger partial charge in [0.25, 0.3) is 0 Å². The van der Waals surface area contributed by atoms with Crippen molar-refractivity contribution in [2.24, 2.45) is 10.5 Å². The van der Waals surface area contributed by atoms with Gasteiger partial charge in [0.05, 0.1) is 12.2 Å². The molecule has 0 amide bonds. The lowest BCUT2D eigenvalue weighted by molar-refractivity contribution is 0.114. The fourth-order valence-electron chi connectivity index (χ4n) is 3.13. The van der Waals surface area contributed by atoms with Gasteiger partial charge >= 0.3 is 0 Å². The maximum absolute atomic E-state index is 10.3. The van der Waals surface area contributed by atoms with Crippen molar-refractivity contribution in [3.05, 3.63) is 5.82 Å². The van der Waals surface area contributed by atoms with Crippen LogP contribution in [0.25, 0.3) is 0 Å². The monoisotopic (exact) mass is 382 g/mol. The van der Waals surface area contributed by atoms with E-state index in [1.807, 2.05) is 0 Å². The molecule has 2 heterocycles. The Hall–Kier alpha value is -1.78. The summed E-state index contributed by atoms with van der Waals surface area (Å²) in [5, 5.41) is 38.6. The van der Waals surface area contributed by atoms with Crippen LogP contribution >= 0.6 is 0 Å². The van der Waals surface area contributed by atoms with E-state index in [9.17, 15) is 10.2 Å². The number of rotatable bonds is 12. The molecule has 1 aliphatic heterocycles. The molecule has 6 N–H and O–H groups in total. The first kappa shape index (κ1) is 21.5. The highest BCUT2D eigenvalue weighted by Gasteiger charge is 2.28. The summed E-state index contributed by atoms with van der Waals surface area (Å²) >= 11 is 0. The number of tetrazole rings is 1. The molecule has 1 aromatic heterocycles. The molecule has 0 bridgehead atoms. The Balaban J connectivity index is 1.61. The van der Waals surface area contributed by atoms with Crippen LogP contribution in [0.3, 0.4) is 0 Å². The second-order valence-electron chi connectivity index (χ2n) is 8.66. The molecule has 2 atom stereocenters. The summed E-state index contributed by atoms with van der Waals surface area (Å²) < 4.78 is 0. The Kier molecular flexibility index (Phi) is 7.51. The number of aromatic amines is 1. The number of H-pyrrole nitrogens is 1. The number of hydrazone groups is 1. The minimum atomic E-state index is -0.377. The number of amidine groups is 1. The van der Waals surface area contributed by atoms with E-state index in [2.05, 4.69) is 69.9 Å². The number of hydrogen-bond donors (Lipinski definition) is 6. The first-order valence-electron chi connectivity index (χ1n) is 9.65. The van der Waals surface area contributed by atoms with Crippen LogP contribution in [-0.4, -0.2) is 48.9 Å². The molecule has 154 valence electrons. The third-order valence-corrected chi connectivity index (χ3v) is 5.31. The number of aromatic nitrogens is 4. The number of nitrogens with one attached hydrogen (secondary N) is 4. The summed E-state index contributed by atoms with van der Waals surface area (Å²) in [7, 11) is 0. The van der Waals surface area contributed by atoms with Crippen LogP contribution in [0, 0.1) is 5.41 Å². The molecule has 0 radical (unpaired) electrons. The van der Waals surface area contributed by atoms with Gasteiger partial charge in [0.1, 0.15) is 5.84 Å². The first-order chi connectivity index (χ1) is 12.7. The zero-order valence-corrected chi connectivity index (χ0v) is 16.8. The Bertz CT molecular complexity index is 588.